The second-order valence-corrected chi connectivity index (χ2v) is 9.34. The standard InChI is InChI=1S/C21H19N5O4S2/c1-23-20(27)18-10-15(8-9-24-18)30-14-4-7-17-19(11-14)31-21(26-17)25-12-13-2-5-16(6-3-13)32(22,28)29/h2-11H,12H2,1H3,(H,23,27)(H,25,26)(H2,22,28,29). The van der Waals surface area contributed by atoms with Crippen LogP contribution in [0.4, 0.5) is 5.13 Å². The summed E-state index contributed by atoms with van der Waals surface area (Å²) in [7, 11) is -2.16. The van der Waals surface area contributed by atoms with Gasteiger partial charge in [-0.15, -0.1) is 0 Å². The van der Waals surface area contributed by atoms with Crippen LogP contribution < -0.4 is 20.5 Å². The van der Waals surface area contributed by atoms with E-state index >= 15 is 0 Å². The van der Waals surface area contributed by atoms with E-state index in [1.165, 1.54) is 29.7 Å². The van der Waals surface area contributed by atoms with Gasteiger partial charge in [0.05, 0.1) is 15.1 Å². The van der Waals surface area contributed by atoms with Gasteiger partial charge in [0.1, 0.15) is 17.2 Å². The van der Waals surface area contributed by atoms with Crippen molar-refractivity contribution in [3.8, 4) is 11.5 Å². The fourth-order valence-corrected chi connectivity index (χ4v) is 4.29. The van der Waals surface area contributed by atoms with Gasteiger partial charge in [0.2, 0.25) is 10.0 Å². The topological polar surface area (TPSA) is 136 Å². The Bertz CT molecular complexity index is 1390. The van der Waals surface area contributed by atoms with Crippen LogP contribution >= 0.6 is 11.3 Å². The molecule has 0 atom stereocenters. The zero-order chi connectivity index (χ0) is 22.7. The van der Waals surface area contributed by atoms with Crippen LogP contribution in [0.1, 0.15) is 16.1 Å². The Kier molecular flexibility index (Phi) is 6.04. The lowest BCUT2D eigenvalue weighted by Gasteiger charge is -2.06. The highest BCUT2D eigenvalue weighted by molar-refractivity contribution is 7.89. The molecule has 164 valence electrons. The van der Waals surface area contributed by atoms with Gasteiger partial charge in [-0.05, 0) is 35.9 Å². The number of carbonyl (C=O) groups is 1. The number of ether oxygens (including phenoxy) is 1. The molecule has 32 heavy (non-hydrogen) atoms. The lowest BCUT2D eigenvalue weighted by molar-refractivity contribution is 0.0958. The molecule has 0 aliphatic heterocycles. The largest absolute Gasteiger partial charge is 0.457 e. The van der Waals surface area contributed by atoms with Gasteiger partial charge >= 0.3 is 0 Å². The van der Waals surface area contributed by atoms with Crippen LogP contribution in [-0.4, -0.2) is 31.3 Å². The SMILES string of the molecule is CNC(=O)c1cc(Oc2ccc3nc(NCc4ccc(S(N)(=O)=O)cc4)sc3c2)ccn1. The number of thiazole rings is 1. The van der Waals surface area contributed by atoms with E-state index in [2.05, 4.69) is 20.6 Å². The lowest BCUT2D eigenvalue weighted by Crippen LogP contribution is -2.18. The van der Waals surface area contributed by atoms with Gasteiger partial charge in [-0.1, -0.05) is 23.5 Å². The molecule has 0 saturated carbocycles. The normalized spacial score (nSPS) is 11.3. The quantitative estimate of drug-likeness (QED) is 0.378. The van der Waals surface area contributed by atoms with Gasteiger partial charge in [0.25, 0.3) is 5.91 Å². The van der Waals surface area contributed by atoms with Crippen LogP contribution in [0.15, 0.2) is 65.7 Å². The van der Waals surface area contributed by atoms with Crippen LogP contribution in [-0.2, 0) is 16.6 Å². The van der Waals surface area contributed by atoms with E-state index in [0.717, 1.165) is 20.9 Å². The molecule has 0 aliphatic rings. The molecule has 0 saturated heterocycles. The van der Waals surface area contributed by atoms with Crippen molar-refractivity contribution >= 4 is 42.6 Å². The Morgan fingerprint density at radius 1 is 1.09 bits per heavy atom. The number of carbonyl (C=O) groups excluding carboxylic acids is 1. The second kappa shape index (κ2) is 8.91. The summed E-state index contributed by atoms with van der Waals surface area (Å²) in [5.41, 5.74) is 1.98. The number of sulfonamides is 1. The highest BCUT2D eigenvalue weighted by Gasteiger charge is 2.10. The van der Waals surface area contributed by atoms with E-state index < -0.39 is 10.0 Å². The molecule has 0 fully saturated rings. The zero-order valence-corrected chi connectivity index (χ0v) is 18.5. The van der Waals surface area contributed by atoms with Crippen molar-refractivity contribution in [1.29, 1.82) is 0 Å². The number of hydrogen-bond donors (Lipinski definition) is 3. The van der Waals surface area contributed by atoms with E-state index in [4.69, 9.17) is 9.88 Å². The molecule has 0 unspecified atom stereocenters. The molecule has 9 nitrogen and oxygen atoms in total. The second-order valence-electron chi connectivity index (χ2n) is 6.75. The summed E-state index contributed by atoms with van der Waals surface area (Å²) in [6.07, 6.45) is 1.52. The number of nitrogens with two attached hydrogens (primary N) is 1. The number of pyridine rings is 1. The number of nitrogens with one attached hydrogen (secondary N) is 2. The van der Waals surface area contributed by atoms with Gasteiger partial charge in [0.15, 0.2) is 5.13 Å². The first-order valence-corrected chi connectivity index (χ1v) is 11.8. The van der Waals surface area contributed by atoms with Crippen molar-refractivity contribution in [2.75, 3.05) is 12.4 Å². The molecular formula is C21H19N5O4S2. The molecule has 0 spiro atoms. The number of nitrogens with zero attached hydrogens (tertiary/aromatic N) is 2. The van der Waals surface area contributed by atoms with Crippen LogP contribution in [0.5, 0.6) is 11.5 Å². The fraction of sp³-hybridized carbons (Fsp3) is 0.0952. The smallest absolute Gasteiger partial charge is 0.269 e. The number of benzene rings is 2. The number of hydrogen-bond acceptors (Lipinski definition) is 8. The van der Waals surface area contributed by atoms with E-state index in [-0.39, 0.29) is 16.5 Å². The monoisotopic (exact) mass is 469 g/mol. The van der Waals surface area contributed by atoms with Crippen molar-refractivity contribution in [3.05, 3.63) is 72.1 Å². The third-order valence-corrected chi connectivity index (χ3v) is 6.39. The Hall–Kier alpha value is -3.54. The van der Waals surface area contributed by atoms with Crippen molar-refractivity contribution in [2.24, 2.45) is 5.14 Å². The molecule has 4 aromatic rings. The van der Waals surface area contributed by atoms with E-state index in [1.807, 2.05) is 12.1 Å². The summed E-state index contributed by atoms with van der Waals surface area (Å²) in [5.74, 6) is 0.826. The number of rotatable bonds is 7. The maximum Gasteiger partial charge on any atom is 0.269 e. The van der Waals surface area contributed by atoms with Gasteiger partial charge in [-0.2, -0.15) is 0 Å². The highest BCUT2D eigenvalue weighted by Crippen LogP contribution is 2.31. The molecule has 0 bridgehead atoms. The number of aromatic nitrogens is 2. The summed E-state index contributed by atoms with van der Waals surface area (Å²) in [5, 5.41) is 11.6. The first-order valence-electron chi connectivity index (χ1n) is 9.44. The average Bonchev–Trinajstić information content (AvgIpc) is 3.19. The molecule has 4 rings (SSSR count). The van der Waals surface area contributed by atoms with Crippen LogP contribution in [0.25, 0.3) is 10.2 Å². The van der Waals surface area contributed by atoms with Gasteiger partial charge in [0, 0.05) is 31.9 Å². The van der Waals surface area contributed by atoms with Crippen molar-refractivity contribution in [3.63, 3.8) is 0 Å². The first kappa shape index (κ1) is 21.7. The minimum Gasteiger partial charge on any atom is -0.457 e. The molecule has 1 amide bonds. The molecule has 11 heteroatoms. The number of primary sulfonamides is 1. The van der Waals surface area contributed by atoms with Gasteiger partial charge < -0.3 is 15.4 Å². The third kappa shape index (κ3) is 5.02. The highest BCUT2D eigenvalue weighted by atomic mass is 32.2. The minimum absolute atomic E-state index is 0.0745. The zero-order valence-electron chi connectivity index (χ0n) is 16.9. The molecule has 0 aliphatic carbocycles. The Balaban J connectivity index is 1.45. The molecule has 2 aromatic heterocycles. The number of fused-ring (bicyclic) bond motifs is 1. The summed E-state index contributed by atoms with van der Waals surface area (Å²) in [6.45, 7) is 0.480. The molecule has 2 aromatic carbocycles. The molecule has 0 radical (unpaired) electrons. The van der Waals surface area contributed by atoms with Gasteiger partial charge in [-0.3, -0.25) is 9.78 Å². The first-order chi connectivity index (χ1) is 15.3. The minimum atomic E-state index is -3.70. The Morgan fingerprint density at radius 3 is 2.56 bits per heavy atom. The van der Waals surface area contributed by atoms with Crippen molar-refractivity contribution < 1.29 is 17.9 Å². The molecular weight excluding hydrogens is 450 g/mol. The fourth-order valence-electron chi connectivity index (χ4n) is 2.88. The predicted molar refractivity (Wildman–Crippen MR) is 122 cm³/mol. The van der Waals surface area contributed by atoms with Crippen LogP contribution in [0.3, 0.4) is 0 Å². The molecule has 4 N–H and O–H groups in total. The Morgan fingerprint density at radius 2 is 1.84 bits per heavy atom. The van der Waals surface area contributed by atoms with E-state index in [9.17, 15) is 13.2 Å². The summed E-state index contributed by atoms with van der Waals surface area (Å²) >= 11 is 1.47. The predicted octanol–water partition coefficient (Wildman–Crippen LogP) is 3.10. The summed E-state index contributed by atoms with van der Waals surface area (Å²) in [4.78, 5) is 20.4. The Labute approximate surface area is 188 Å². The van der Waals surface area contributed by atoms with Crippen LogP contribution in [0, 0.1) is 0 Å². The summed E-state index contributed by atoms with van der Waals surface area (Å²) in [6, 6.07) is 15.1. The van der Waals surface area contributed by atoms with Gasteiger partial charge in [-0.25, -0.2) is 18.5 Å². The number of anilines is 1. The third-order valence-electron chi connectivity index (χ3n) is 4.48. The van der Waals surface area contributed by atoms with E-state index in [1.54, 1.807) is 37.4 Å². The maximum atomic E-state index is 11.7. The molecule has 2 heterocycles. The van der Waals surface area contributed by atoms with Crippen LogP contribution in [0.2, 0.25) is 0 Å². The summed E-state index contributed by atoms with van der Waals surface area (Å²) < 4.78 is 29.5. The maximum absolute atomic E-state index is 11.7. The van der Waals surface area contributed by atoms with Crippen molar-refractivity contribution in [2.45, 2.75) is 11.4 Å². The lowest BCUT2D eigenvalue weighted by atomic mass is 10.2. The van der Waals surface area contributed by atoms with E-state index in [0.29, 0.717) is 18.0 Å². The van der Waals surface area contributed by atoms with Crippen molar-refractivity contribution in [1.82, 2.24) is 15.3 Å². The number of amides is 1. The average molecular weight is 470 g/mol.